The molecule has 3 rings (SSSR count). The number of ether oxygens (including phenoxy) is 1. The minimum atomic E-state index is -0.934. The van der Waals surface area contributed by atoms with E-state index in [4.69, 9.17) is 27.9 Å². The van der Waals surface area contributed by atoms with E-state index in [0.717, 1.165) is 20.9 Å². The van der Waals surface area contributed by atoms with Gasteiger partial charge in [-0.05, 0) is 29.8 Å². The molecule has 1 amide bonds. The Bertz CT molecular complexity index is 1040. The first-order valence-electron chi connectivity index (χ1n) is 8.27. The number of aromatic nitrogens is 1. The molecular formula is C20H15BrCl2N2O3. The van der Waals surface area contributed by atoms with Gasteiger partial charge in [-0.25, -0.2) is 4.79 Å². The molecule has 144 valence electrons. The van der Waals surface area contributed by atoms with Crippen LogP contribution >= 0.6 is 39.1 Å². The summed E-state index contributed by atoms with van der Waals surface area (Å²) < 4.78 is 5.76. The zero-order valence-electron chi connectivity index (χ0n) is 14.7. The van der Waals surface area contributed by atoms with Crippen LogP contribution in [-0.4, -0.2) is 30.0 Å². The van der Waals surface area contributed by atoms with E-state index in [-0.39, 0.29) is 22.0 Å². The quantitative estimate of drug-likeness (QED) is 0.530. The van der Waals surface area contributed by atoms with E-state index in [2.05, 4.69) is 26.2 Å². The molecule has 2 aromatic carbocycles. The summed E-state index contributed by atoms with van der Waals surface area (Å²) in [6.07, 6.45) is 1.87. The molecule has 5 nitrogen and oxygen atoms in total. The second-order valence-electron chi connectivity index (χ2n) is 5.96. The van der Waals surface area contributed by atoms with Crippen molar-refractivity contribution in [1.82, 2.24) is 10.3 Å². The molecule has 1 heterocycles. The molecule has 0 fully saturated rings. The number of esters is 1. The minimum Gasteiger partial charge on any atom is -0.467 e. The van der Waals surface area contributed by atoms with Gasteiger partial charge in [0.25, 0.3) is 5.91 Å². The van der Waals surface area contributed by atoms with E-state index in [1.165, 1.54) is 7.11 Å². The second-order valence-corrected chi connectivity index (χ2v) is 7.62. The third kappa shape index (κ3) is 4.29. The molecule has 0 unspecified atom stereocenters. The van der Waals surface area contributed by atoms with E-state index < -0.39 is 17.9 Å². The molecule has 0 aliphatic heterocycles. The van der Waals surface area contributed by atoms with Gasteiger partial charge in [0.2, 0.25) is 0 Å². The molecule has 0 bridgehead atoms. The molecule has 3 aromatic rings. The van der Waals surface area contributed by atoms with E-state index >= 15 is 0 Å². The second kappa shape index (κ2) is 8.90. The number of halogens is 3. The van der Waals surface area contributed by atoms with Crippen molar-refractivity contribution in [3.63, 3.8) is 0 Å². The Morgan fingerprint density at radius 2 is 1.86 bits per heavy atom. The zero-order chi connectivity index (χ0) is 20.3. The number of rotatable bonds is 5. The molecule has 28 heavy (non-hydrogen) atoms. The van der Waals surface area contributed by atoms with Crippen LogP contribution < -0.4 is 5.32 Å². The van der Waals surface area contributed by atoms with Crippen molar-refractivity contribution in [2.45, 2.75) is 12.5 Å². The lowest BCUT2D eigenvalue weighted by molar-refractivity contribution is -0.142. The first kappa shape index (κ1) is 20.6. The number of amides is 1. The highest BCUT2D eigenvalue weighted by Crippen LogP contribution is 2.27. The molecule has 1 atom stereocenters. The number of nitrogens with zero attached hydrogens (tertiary/aromatic N) is 1. The molecule has 0 radical (unpaired) electrons. The third-order valence-corrected chi connectivity index (χ3v) is 5.53. The van der Waals surface area contributed by atoms with Gasteiger partial charge in [0.05, 0.1) is 28.2 Å². The molecule has 1 aromatic heterocycles. The lowest BCUT2D eigenvalue weighted by Gasteiger charge is -2.18. The summed E-state index contributed by atoms with van der Waals surface area (Å²) in [5.74, 6) is -1.14. The fourth-order valence-electron chi connectivity index (χ4n) is 2.86. The Morgan fingerprint density at radius 1 is 1.14 bits per heavy atom. The maximum atomic E-state index is 12.7. The molecule has 0 saturated carbocycles. The van der Waals surface area contributed by atoms with E-state index in [1.54, 1.807) is 24.4 Å². The zero-order valence-corrected chi connectivity index (χ0v) is 17.8. The lowest BCUT2D eigenvalue weighted by Crippen LogP contribution is -2.43. The Kier molecular flexibility index (Phi) is 6.54. The Hall–Kier alpha value is -2.15. The van der Waals surface area contributed by atoms with E-state index in [1.807, 2.05) is 24.3 Å². The Balaban J connectivity index is 1.93. The summed E-state index contributed by atoms with van der Waals surface area (Å²) in [7, 11) is 1.27. The highest BCUT2D eigenvalue weighted by Gasteiger charge is 2.25. The minimum absolute atomic E-state index is 0.110. The summed E-state index contributed by atoms with van der Waals surface area (Å²) in [4.78, 5) is 29.4. The number of carbonyl (C=O) groups excluding carboxylic acids is 2. The van der Waals surface area contributed by atoms with Crippen LogP contribution in [0.4, 0.5) is 0 Å². The van der Waals surface area contributed by atoms with Gasteiger partial charge in [0.1, 0.15) is 6.04 Å². The van der Waals surface area contributed by atoms with Crippen molar-refractivity contribution in [1.29, 1.82) is 0 Å². The van der Waals surface area contributed by atoms with E-state index in [0.29, 0.717) is 0 Å². The van der Waals surface area contributed by atoms with Crippen molar-refractivity contribution >= 4 is 61.9 Å². The smallest absolute Gasteiger partial charge is 0.328 e. The largest absolute Gasteiger partial charge is 0.467 e. The number of nitrogens with one attached hydrogen (secondary N) is 1. The van der Waals surface area contributed by atoms with Gasteiger partial charge in [-0.3, -0.25) is 9.78 Å². The molecule has 0 aliphatic rings. The fraction of sp³-hybridized carbons (Fsp3) is 0.150. The van der Waals surface area contributed by atoms with Crippen molar-refractivity contribution in [3.8, 4) is 0 Å². The molecule has 0 spiro atoms. The number of benzene rings is 2. The summed E-state index contributed by atoms with van der Waals surface area (Å²) in [5.41, 5.74) is 1.63. The van der Waals surface area contributed by atoms with Crippen LogP contribution in [0.15, 0.2) is 53.1 Å². The van der Waals surface area contributed by atoms with Crippen LogP contribution in [0.25, 0.3) is 10.9 Å². The predicted octanol–water partition coefficient (Wildman–Crippen LogP) is 4.82. The molecule has 8 heteroatoms. The standard InChI is InChI=1S/C20H15BrCl2N2O3/c1-28-20(27)16(25-19(26)17-14(22)5-2-6-15(17)23)10-11-7-8-13(21)12-4-3-9-24-18(11)12/h2-9,16H,10H2,1H3,(H,25,26)/t16-/m0/s1. The number of methoxy groups -OCH3 is 1. The predicted molar refractivity (Wildman–Crippen MR) is 113 cm³/mol. The number of pyridine rings is 1. The van der Waals surface area contributed by atoms with Crippen LogP contribution in [0.2, 0.25) is 10.0 Å². The van der Waals surface area contributed by atoms with Crippen molar-refractivity contribution in [3.05, 3.63) is 74.3 Å². The van der Waals surface area contributed by atoms with Crippen LogP contribution in [0.5, 0.6) is 0 Å². The maximum absolute atomic E-state index is 12.7. The Labute approximate surface area is 180 Å². The normalized spacial score (nSPS) is 11.9. The van der Waals surface area contributed by atoms with Gasteiger partial charge >= 0.3 is 5.97 Å². The molecular weight excluding hydrogens is 467 g/mol. The average Bonchev–Trinajstić information content (AvgIpc) is 2.69. The molecule has 0 saturated heterocycles. The third-order valence-electron chi connectivity index (χ3n) is 4.20. The number of fused-ring (bicyclic) bond motifs is 1. The van der Waals surface area contributed by atoms with Crippen molar-refractivity contribution < 1.29 is 14.3 Å². The highest BCUT2D eigenvalue weighted by molar-refractivity contribution is 9.10. The summed E-state index contributed by atoms with van der Waals surface area (Å²) in [6.45, 7) is 0. The topological polar surface area (TPSA) is 68.3 Å². The van der Waals surface area contributed by atoms with Crippen LogP contribution in [-0.2, 0) is 16.0 Å². The van der Waals surface area contributed by atoms with Gasteiger partial charge in [-0.1, -0.05) is 57.3 Å². The lowest BCUT2D eigenvalue weighted by atomic mass is 10.0. The maximum Gasteiger partial charge on any atom is 0.328 e. The van der Waals surface area contributed by atoms with Gasteiger partial charge in [-0.2, -0.15) is 0 Å². The molecule has 1 N–H and O–H groups in total. The van der Waals surface area contributed by atoms with Gasteiger partial charge in [0.15, 0.2) is 0 Å². The van der Waals surface area contributed by atoms with Gasteiger partial charge in [-0.15, -0.1) is 0 Å². The number of hydrogen-bond acceptors (Lipinski definition) is 4. The monoisotopic (exact) mass is 480 g/mol. The first-order chi connectivity index (χ1) is 13.4. The fourth-order valence-corrected chi connectivity index (χ4v) is 3.88. The van der Waals surface area contributed by atoms with Crippen molar-refractivity contribution in [2.24, 2.45) is 0 Å². The first-order valence-corrected chi connectivity index (χ1v) is 9.82. The number of carbonyl (C=O) groups is 2. The van der Waals surface area contributed by atoms with Gasteiger partial charge < -0.3 is 10.1 Å². The molecule has 0 aliphatic carbocycles. The van der Waals surface area contributed by atoms with Gasteiger partial charge in [0, 0.05) is 22.5 Å². The van der Waals surface area contributed by atoms with Crippen LogP contribution in [0, 0.1) is 0 Å². The summed E-state index contributed by atoms with van der Waals surface area (Å²) >= 11 is 15.7. The summed E-state index contributed by atoms with van der Waals surface area (Å²) in [6, 6.07) is 11.3. The summed E-state index contributed by atoms with van der Waals surface area (Å²) in [5, 5.41) is 3.98. The van der Waals surface area contributed by atoms with Crippen molar-refractivity contribution in [2.75, 3.05) is 7.11 Å². The van der Waals surface area contributed by atoms with Crippen LogP contribution in [0.3, 0.4) is 0 Å². The Morgan fingerprint density at radius 3 is 2.54 bits per heavy atom. The van der Waals surface area contributed by atoms with E-state index in [9.17, 15) is 9.59 Å². The average molecular weight is 482 g/mol. The number of hydrogen-bond donors (Lipinski definition) is 1. The van der Waals surface area contributed by atoms with Crippen LogP contribution in [0.1, 0.15) is 15.9 Å². The highest BCUT2D eigenvalue weighted by atomic mass is 79.9. The SMILES string of the molecule is COC(=O)[C@H](Cc1ccc(Br)c2cccnc12)NC(=O)c1c(Cl)cccc1Cl.